The number of benzene rings is 2. The molecule has 2 heterocycles. The van der Waals surface area contributed by atoms with E-state index in [1.54, 1.807) is 14.2 Å². The molecule has 176 valence electrons. The van der Waals surface area contributed by atoms with Crippen LogP contribution in [0.25, 0.3) is 22.0 Å². The molecule has 0 saturated heterocycles. The average Bonchev–Trinajstić information content (AvgIpc) is 3.23. The van der Waals surface area contributed by atoms with Crippen LogP contribution in [-0.2, 0) is 11.0 Å². The first-order chi connectivity index (χ1) is 15.6. The van der Waals surface area contributed by atoms with E-state index in [1.807, 2.05) is 30.5 Å². The molecule has 33 heavy (non-hydrogen) atoms. The number of halogens is 1. The van der Waals surface area contributed by atoms with Crippen LogP contribution in [0.1, 0.15) is 26.3 Å². The number of rotatable bonds is 6. The molecule has 1 aromatic heterocycles. The van der Waals surface area contributed by atoms with Crippen molar-refractivity contribution in [3.05, 3.63) is 39.6 Å². The van der Waals surface area contributed by atoms with E-state index in [0.29, 0.717) is 18.1 Å². The van der Waals surface area contributed by atoms with Crippen molar-refractivity contribution in [1.29, 1.82) is 0 Å². The summed E-state index contributed by atoms with van der Waals surface area (Å²) in [6.07, 6.45) is 1.84. The van der Waals surface area contributed by atoms with Crippen LogP contribution in [0.5, 0.6) is 23.0 Å². The van der Waals surface area contributed by atoms with E-state index in [1.165, 1.54) is 0 Å². The molecule has 8 heteroatoms. The Morgan fingerprint density at radius 3 is 2.36 bits per heavy atom. The molecule has 0 spiro atoms. The molecular weight excluding hydrogens is 549 g/mol. The third kappa shape index (κ3) is 4.40. The Morgan fingerprint density at radius 2 is 1.73 bits per heavy atom. The molecule has 0 amide bonds. The smallest absolute Gasteiger partial charge is 0.231 e. The number of hydrogen-bond acceptors (Lipinski definition) is 6. The quantitative estimate of drug-likeness (QED) is 0.237. The van der Waals surface area contributed by atoms with Gasteiger partial charge >= 0.3 is 0 Å². The van der Waals surface area contributed by atoms with Crippen molar-refractivity contribution in [3.8, 4) is 34.3 Å². The lowest BCUT2D eigenvalue weighted by Gasteiger charge is -2.36. The van der Waals surface area contributed by atoms with E-state index in [4.69, 9.17) is 28.4 Å². The van der Waals surface area contributed by atoms with Crippen LogP contribution in [0.15, 0.2) is 30.5 Å². The molecule has 0 atom stereocenters. The van der Waals surface area contributed by atoms with Gasteiger partial charge in [-0.15, -0.1) is 0 Å². The van der Waals surface area contributed by atoms with Crippen molar-refractivity contribution in [2.45, 2.75) is 45.5 Å². The maximum atomic E-state index is 6.57. The lowest BCUT2D eigenvalue weighted by molar-refractivity contribution is 0.174. The number of ether oxygens (including phenoxy) is 4. The van der Waals surface area contributed by atoms with Gasteiger partial charge in [-0.3, -0.25) is 4.98 Å². The van der Waals surface area contributed by atoms with Gasteiger partial charge in [-0.05, 0) is 70.6 Å². The Labute approximate surface area is 209 Å². The minimum Gasteiger partial charge on any atom is -0.493 e. The van der Waals surface area contributed by atoms with Crippen LogP contribution in [0.3, 0.4) is 0 Å². The minimum atomic E-state index is -1.94. The first-order valence-electron chi connectivity index (χ1n) is 10.8. The topological polar surface area (TPSA) is 59.0 Å². The van der Waals surface area contributed by atoms with E-state index in [9.17, 15) is 0 Å². The van der Waals surface area contributed by atoms with Crippen LogP contribution in [0.2, 0.25) is 18.1 Å². The summed E-state index contributed by atoms with van der Waals surface area (Å²) in [5, 5.41) is 2.08. The van der Waals surface area contributed by atoms with E-state index < -0.39 is 8.32 Å². The third-order valence-electron chi connectivity index (χ3n) is 6.60. The monoisotopic (exact) mass is 579 g/mol. The largest absolute Gasteiger partial charge is 0.493 e. The molecule has 3 aromatic rings. The van der Waals surface area contributed by atoms with Crippen LogP contribution in [-0.4, -0.2) is 34.3 Å². The zero-order valence-electron chi connectivity index (χ0n) is 20.2. The number of hydrogen-bond donors (Lipinski definition) is 0. The molecule has 0 aliphatic carbocycles. The maximum absolute atomic E-state index is 6.57. The normalized spacial score (nSPS) is 13.5. The first-order valence-corrected chi connectivity index (χ1v) is 14.8. The van der Waals surface area contributed by atoms with Gasteiger partial charge in [0.1, 0.15) is 0 Å². The SMILES string of the molecule is COc1ccc2c(I)c(-c3cc4c(cc3CO[Si](C)(C)C(C)(C)C)OCO4)ncc2c1OC. The average molecular weight is 580 g/mol. The predicted octanol–water partition coefficient (Wildman–Crippen LogP) is 6.77. The summed E-state index contributed by atoms with van der Waals surface area (Å²) in [5.74, 6) is 2.84. The summed E-state index contributed by atoms with van der Waals surface area (Å²) in [6.45, 7) is 12.0. The summed E-state index contributed by atoms with van der Waals surface area (Å²) in [6, 6.07) is 8.02. The number of methoxy groups -OCH3 is 2. The molecule has 2 aromatic carbocycles. The molecule has 4 rings (SSSR count). The Kier molecular flexibility index (Phi) is 6.54. The Morgan fingerprint density at radius 1 is 1.03 bits per heavy atom. The van der Waals surface area contributed by atoms with Gasteiger partial charge in [0, 0.05) is 26.1 Å². The van der Waals surface area contributed by atoms with Crippen LogP contribution in [0.4, 0.5) is 0 Å². The molecule has 6 nitrogen and oxygen atoms in total. The second-order valence-corrected chi connectivity index (χ2v) is 15.5. The number of nitrogens with zero attached hydrogens (tertiary/aromatic N) is 1. The van der Waals surface area contributed by atoms with Gasteiger partial charge in [0.05, 0.1) is 26.5 Å². The summed E-state index contributed by atoms with van der Waals surface area (Å²) in [4.78, 5) is 4.86. The predicted molar refractivity (Wildman–Crippen MR) is 141 cm³/mol. The zero-order chi connectivity index (χ0) is 24.0. The lowest BCUT2D eigenvalue weighted by Crippen LogP contribution is -2.40. The highest BCUT2D eigenvalue weighted by atomic mass is 127. The fourth-order valence-electron chi connectivity index (χ4n) is 3.57. The highest BCUT2D eigenvalue weighted by molar-refractivity contribution is 14.1. The molecule has 0 bridgehead atoms. The summed E-state index contributed by atoms with van der Waals surface area (Å²) in [5.41, 5.74) is 2.90. The molecule has 0 N–H and O–H groups in total. The third-order valence-corrected chi connectivity index (χ3v) is 12.2. The number of fused-ring (bicyclic) bond motifs is 2. The van der Waals surface area contributed by atoms with Gasteiger partial charge < -0.3 is 23.4 Å². The number of pyridine rings is 1. The second-order valence-electron chi connectivity index (χ2n) is 9.59. The van der Waals surface area contributed by atoms with Gasteiger partial charge in [-0.1, -0.05) is 20.8 Å². The zero-order valence-corrected chi connectivity index (χ0v) is 23.3. The fraction of sp³-hybridized carbons (Fsp3) is 0.400. The van der Waals surface area contributed by atoms with Crippen molar-refractivity contribution in [1.82, 2.24) is 4.98 Å². The highest BCUT2D eigenvalue weighted by Gasteiger charge is 2.37. The molecule has 0 unspecified atom stereocenters. The highest BCUT2D eigenvalue weighted by Crippen LogP contribution is 2.44. The van der Waals surface area contributed by atoms with Gasteiger partial charge in [-0.2, -0.15) is 0 Å². The Balaban J connectivity index is 1.84. The number of aromatic nitrogens is 1. The minimum absolute atomic E-state index is 0.120. The van der Waals surface area contributed by atoms with Crippen LogP contribution < -0.4 is 18.9 Å². The maximum Gasteiger partial charge on any atom is 0.231 e. The van der Waals surface area contributed by atoms with E-state index in [2.05, 4.69) is 56.5 Å². The van der Waals surface area contributed by atoms with E-state index in [-0.39, 0.29) is 11.8 Å². The van der Waals surface area contributed by atoms with E-state index in [0.717, 1.165) is 42.7 Å². The first kappa shape index (κ1) is 24.1. The van der Waals surface area contributed by atoms with E-state index >= 15 is 0 Å². The van der Waals surface area contributed by atoms with Gasteiger partial charge in [0.2, 0.25) is 6.79 Å². The molecule has 0 saturated carbocycles. The summed E-state index contributed by atoms with van der Waals surface area (Å²) in [7, 11) is 1.34. The van der Waals surface area contributed by atoms with Gasteiger partial charge in [-0.25, -0.2) is 0 Å². The lowest BCUT2D eigenvalue weighted by atomic mass is 10.0. The molecule has 1 aliphatic heterocycles. The standard InChI is InChI=1S/C25H30INO5Si/c1-25(2,3)33(6,7)32-13-15-10-20-21(31-14-30-20)11-17(15)23-22(26)16-8-9-19(28-4)24(29-5)18(16)12-27-23/h8-12H,13-14H2,1-7H3. The van der Waals surface area contributed by atoms with Crippen molar-refractivity contribution >= 4 is 41.7 Å². The Bertz CT molecular complexity index is 1210. The fourth-order valence-corrected chi connectivity index (χ4v) is 5.42. The molecule has 0 fully saturated rings. The Hall–Kier alpha value is -2.04. The van der Waals surface area contributed by atoms with Gasteiger partial charge in [0.25, 0.3) is 0 Å². The van der Waals surface area contributed by atoms with Gasteiger partial charge in [0.15, 0.2) is 31.3 Å². The second kappa shape index (κ2) is 8.96. The van der Waals surface area contributed by atoms with Crippen LogP contribution in [0, 0.1) is 3.57 Å². The molecule has 1 aliphatic rings. The van der Waals surface area contributed by atoms with Crippen molar-refractivity contribution in [2.24, 2.45) is 0 Å². The summed E-state index contributed by atoms with van der Waals surface area (Å²) >= 11 is 2.36. The van der Waals surface area contributed by atoms with Crippen molar-refractivity contribution < 1.29 is 23.4 Å². The molecular formula is C25H30INO5Si. The molecule has 0 radical (unpaired) electrons. The van der Waals surface area contributed by atoms with Crippen LogP contribution >= 0.6 is 22.6 Å². The van der Waals surface area contributed by atoms with Crippen molar-refractivity contribution in [2.75, 3.05) is 21.0 Å². The van der Waals surface area contributed by atoms with Crippen molar-refractivity contribution in [3.63, 3.8) is 0 Å². The summed E-state index contributed by atoms with van der Waals surface area (Å²) < 4.78 is 30.0.